The van der Waals surface area contributed by atoms with Crippen molar-refractivity contribution in [1.82, 2.24) is 20.2 Å². The summed E-state index contributed by atoms with van der Waals surface area (Å²) in [6.07, 6.45) is 3.17. The summed E-state index contributed by atoms with van der Waals surface area (Å²) in [5.74, 6) is 3.02. The fourth-order valence-electron chi connectivity index (χ4n) is 3.33. The van der Waals surface area contributed by atoms with Crippen LogP contribution < -0.4 is 5.32 Å². The normalized spacial score (nSPS) is 27.4. The molecule has 2 aliphatic heterocycles. The third-order valence-electron chi connectivity index (χ3n) is 4.64. The third kappa shape index (κ3) is 3.07. The Morgan fingerprint density at radius 1 is 1.35 bits per heavy atom. The van der Waals surface area contributed by atoms with Crippen molar-refractivity contribution in [2.45, 2.75) is 37.8 Å². The average Bonchev–Trinajstić information content (AvgIpc) is 3.18. The molecule has 1 spiro atoms. The summed E-state index contributed by atoms with van der Waals surface area (Å²) < 4.78 is 7.85. The van der Waals surface area contributed by atoms with Gasteiger partial charge in [-0.3, -0.25) is 0 Å². The van der Waals surface area contributed by atoms with Crippen molar-refractivity contribution in [2.75, 3.05) is 23.4 Å². The Balaban J connectivity index is 1.51. The molecule has 23 heavy (non-hydrogen) atoms. The highest BCUT2D eigenvalue weighted by Gasteiger charge is 2.40. The number of tetrazole rings is 1. The standard InChI is InChI=1S/C16H21N5OS/c1-12-2-4-14(5-3-12)21-15(18-19-20-21)17-13-6-8-22-16(10-13)7-9-23-11-16/h2-5,13H,6-11H2,1H3,(H,17,18,20)/t13-,16+/m0/s1. The van der Waals surface area contributed by atoms with E-state index in [1.54, 1.807) is 4.68 Å². The van der Waals surface area contributed by atoms with Gasteiger partial charge < -0.3 is 10.1 Å². The van der Waals surface area contributed by atoms with Crippen LogP contribution in [0.1, 0.15) is 24.8 Å². The van der Waals surface area contributed by atoms with E-state index in [1.807, 2.05) is 23.9 Å². The summed E-state index contributed by atoms with van der Waals surface area (Å²) in [4.78, 5) is 0. The van der Waals surface area contributed by atoms with Gasteiger partial charge in [0.2, 0.25) is 5.95 Å². The molecule has 0 amide bonds. The molecule has 6 nitrogen and oxygen atoms in total. The van der Waals surface area contributed by atoms with Gasteiger partial charge in [-0.05, 0) is 54.5 Å². The predicted octanol–water partition coefficient (Wildman–Crippen LogP) is 2.44. The maximum Gasteiger partial charge on any atom is 0.247 e. The van der Waals surface area contributed by atoms with Crippen LogP contribution in [0.4, 0.5) is 5.95 Å². The second kappa shape index (κ2) is 6.13. The molecule has 0 bridgehead atoms. The van der Waals surface area contributed by atoms with E-state index in [2.05, 4.69) is 39.9 Å². The summed E-state index contributed by atoms with van der Waals surface area (Å²) in [6, 6.07) is 8.57. The van der Waals surface area contributed by atoms with Crippen molar-refractivity contribution in [3.63, 3.8) is 0 Å². The van der Waals surface area contributed by atoms with Gasteiger partial charge in [-0.15, -0.1) is 0 Å². The Kier molecular flexibility index (Phi) is 3.98. The number of nitrogens with zero attached hydrogens (tertiary/aromatic N) is 4. The van der Waals surface area contributed by atoms with Gasteiger partial charge in [0.15, 0.2) is 0 Å². The fraction of sp³-hybridized carbons (Fsp3) is 0.562. The lowest BCUT2D eigenvalue weighted by molar-refractivity contribution is -0.0629. The molecule has 1 N–H and O–H groups in total. The molecule has 1 aromatic heterocycles. The zero-order valence-electron chi connectivity index (χ0n) is 13.2. The number of hydrogen-bond acceptors (Lipinski definition) is 6. The zero-order valence-corrected chi connectivity index (χ0v) is 14.1. The first-order valence-electron chi connectivity index (χ1n) is 8.08. The molecule has 2 fully saturated rings. The number of aryl methyl sites for hydroxylation is 1. The first-order chi connectivity index (χ1) is 11.2. The molecule has 0 saturated carbocycles. The maximum atomic E-state index is 6.08. The van der Waals surface area contributed by atoms with Crippen LogP contribution in [0.5, 0.6) is 0 Å². The predicted molar refractivity (Wildman–Crippen MR) is 91.2 cm³/mol. The van der Waals surface area contributed by atoms with Gasteiger partial charge >= 0.3 is 0 Å². The van der Waals surface area contributed by atoms with E-state index in [0.717, 1.165) is 37.3 Å². The highest BCUT2D eigenvalue weighted by atomic mass is 32.2. The molecule has 2 aliphatic rings. The first-order valence-corrected chi connectivity index (χ1v) is 9.23. The van der Waals surface area contributed by atoms with Crippen LogP contribution in [-0.4, -0.2) is 50.0 Å². The van der Waals surface area contributed by atoms with Gasteiger partial charge in [-0.2, -0.15) is 16.4 Å². The van der Waals surface area contributed by atoms with Crippen LogP contribution in [0.3, 0.4) is 0 Å². The van der Waals surface area contributed by atoms with Crippen LogP contribution in [-0.2, 0) is 4.74 Å². The largest absolute Gasteiger partial charge is 0.374 e. The van der Waals surface area contributed by atoms with E-state index in [4.69, 9.17) is 4.74 Å². The van der Waals surface area contributed by atoms with E-state index in [9.17, 15) is 0 Å². The van der Waals surface area contributed by atoms with Crippen molar-refractivity contribution >= 4 is 17.7 Å². The van der Waals surface area contributed by atoms with E-state index in [0.29, 0.717) is 12.0 Å². The number of thioether (sulfide) groups is 1. The molecule has 3 heterocycles. The van der Waals surface area contributed by atoms with Crippen molar-refractivity contribution in [3.8, 4) is 5.69 Å². The summed E-state index contributed by atoms with van der Waals surface area (Å²) in [5, 5.41) is 15.7. The summed E-state index contributed by atoms with van der Waals surface area (Å²) in [6.45, 7) is 2.88. The minimum Gasteiger partial charge on any atom is -0.374 e. The topological polar surface area (TPSA) is 64.9 Å². The molecule has 122 valence electrons. The van der Waals surface area contributed by atoms with Crippen molar-refractivity contribution < 1.29 is 4.74 Å². The Hall–Kier alpha value is -1.60. The molecule has 2 aromatic rings. The SMILES string of the molecule is Cc1ccc(-n2nnnc2N[C@H]2CCO[C@]3(CCSC3)C2)cc1. The van der Waals surface area contributed by atoms with Gasteiger partial charge in [-0.25, -0.2) is 0 Å². The number of nitrogens with one attached hydrogen (secondary N) is 1. The van der Waals surface area contributed by atoms with E-state index < -0.39 is 0 Å². The van der Waals surface area contributed by atoms with E-state index in [-0.39, 0.29) is 5.60 Å². The second-order valence-corrected chi connectivity index (χ2v) is 7.52. The van der Waals surface area contributed by atoms with E-state index >= 15 is 0 Å². The van der Waals surface area contributed by atoms with Gasteiger partial charge in [-0.1, -0.05) is 22.8 Å². The quantitative estimate of drug-likeness (QED) is 0.932. The average molecular weight is 331 g/mol. The smallest absolute Gasteiger partial charge is 0.247 e. The lowest BCUT2D eigenvalue weighted by atomic mass is 9.90. The number of anilines is 1. The van der Waals surface area contributed by atoms with Gasteiger partial charge in [0.05, 0.1) is 11.3 Å². The summed E-state index contributed by atoms with van der Waals surface area (Å²) in [7, 11) is 0. The number of aromatic nitrogens is 4. The molecular formula is C16H21N5OS. The van der Waals surface area contributed by atoms with Crippen LogP contribution in [0.25, 0.3) is 5.69 Å². The Bertz CT molecular complexity index is 665. The number of rotatable bonds is 3. The number of hydrogen-bond donors (Lipinski definition) is 1. The molecule has 0 aliphatic carbocycles. The molecule has 4 rings (SSSR count). The number of benzene rings is 1. The van der Waals surface area contributed by atoms with Crippen LogP contribution >= 0.6 is 11.8 Å². The second-order valence-electron chi connectivity index (χ2n) is 6.42. The van der Waals surface area contributed by atoms with Crippen LogP contribution in [0.15, 0.2) is 24.3 Å². The van der Waals surface area contributed by atoms with E-state index in [1.165, 1.54) is 11.3 Å². The van der Waals surface area contributed by atoms with Crippen molar-refractivity contribution in [2.24, 2.45) is 0 Å². The third-order valence-corrected chi connectivity index (χ3v) is 5.86. The molecule has 7 heteroatoms. The Morgan fingerprint density at radius 3 is 3.00 bits per heavy atom. The lowest BCUT2D eigenvalue weighted by Crippen LogP contribution is -2.44. The van der Waals surface area contributed by atoms with Gasteiger partial charge in [0, 0.05) is 18.4 Å². The zero-order chi connectivity index (χ0) is 15.7. The highest BCUT2D eigenvalue weighted by Crippen LogP contribution is 2.38. The maximum absolute atomic E-state index is 6.08. The summed E-state index contributed by atoms with van der Waals surface area (Å²) >= 11 is 1.99. The molecular weight excluding hydrogens is 310 g/mol. The van der Waals surface area contributed by atoms with Crippen LogP contribution in [0.2, 0.25) is 0 Å². The fourth-order valence-corrected chi connectivity index (χ4v) is 4.71. The van der Waals surface area contributed by atoms with Gasteiger partial charge in [0.25, 0.3) is 0 Å². The number of ether oxygens (including phenoxy) is 1. The highest BCUT2D eigenvalue weighted by molar-refractivity contribution is 7.99. The first kappa shape index (κ1) is 15.0. The van der Waals surface area contributed by atoms with Crippen molar-refractivity contribution in [3.05, 3.63) is 29.8 Å². The van der Waals surface area contributed by atoms with Crippen molar-refractivity contribution in [1.29, 1.82) is 0 Å². The minimum atomic E-state index is 0.0583. The molecule has 0 radical (unpaired) electrons. The monoisotopic (exact) mass is 331 g/mol. The molecule has 2 atom stereocenters. The molecule has 0 unspecified atom stereocenters. The Labute approximate surface area is 140 Å². The lowest BCUT2D eigenvalue weighted by Gasteiger charge is -2.38. The summed E-state index contributed by atoms with van der Waals surface area (Å²) in [5.41, 5.74) is 2.26. The van der Waals surface area contributed by atoms with Crippen LogP contribution in [0, 0.1) is 6.92 Å². The molecule has 2 saturated heterocycles. The Morgan fingerprint density at radius 2 is 2.22 bits per heavy atom. The van der Waals surface area contributed by atoms with Gasteiger partial charge in [0.1, 0.15) is 0 Å². The molecule has 1 aromatic carbocycles. The minimum absolute atomic E-state index is 0.0583.